The van der Waals surface area contributed by atoms with E-state index in [0.717, 1.165) is 28.3 Å². The zero-order valence-corrected chi connectivity index (χ0v) is 17.1. The van der Waals surface area contributed by atoms with E-state index in [1.54, 1.807) is 11.3 Å². The summed E-state index contributed by atoms with van der Waals surface area (Å²) in [4.78, 5) is 18.9. The van der Waals surface area contributed by atoms with Crippen LogP contribution in [0, 0.1) is 17.8 Å². The third-order valence-corrected chi connectivity index (χ3v) is 8.52. The molecule has 0 saturated heterocycles. The summed E-state index contributed by atoms with van der Waals surface area (Å²) < 4.78 is 1.23. The van der Waals surface area contributed by atoms with Gasteiger partial charge in [0.1, 0.15) is 6.04 Å². The van der Waals surface area contributed by atoms with E-state index in [9.17, 15) is 4.79 Å². The molecule has 1 aromatic carbocycles. The van der Waals surface area contributed by atoms with Gasteiger partial charge < -0.3 is 10.2 Å². The molecule has 4 aliphatic carbocycles. The molecule has 4 bridgehead atoms. The van der Waals surface area contributed by atoms with E-state index in [0.29, 0.717) is 6.54 Å². The van der Waals surface area contributed by atoms with Gasteiger partial charge in [-0.25, -0.2) is 4.98 Å². The molecule has 6 rings (SSSR count). The first-order chi connectivity index (χ1) is 13.0. The maximum Gasteiger partial charge on any atom is 0.275 e. The smallest absolute Gasteiger partial charge is 0.275 e. The Labute approximate surface area is 165 Å². The topological polar surface area (TPSA) is 46.4 Å². The third kappa shape index (κ3) is 3.29. The number of amides is 1. The fraction of sp³-hybridized carbons (Fsp3) is 0.636. The number of nitrogens with one attached hydrogen (secondary N) is 2. The minimum Gasteiger partial charge on any atom is -0.346 e. The van der Waals surface area contributed by atoms with Gasteiger partial charge >= 0.3 is 0 Å². The number of carbonyl (C=O) groups is 1. The summed E-state index contributed by atoms with van der Waals surface area (Å²) in [6, 6.07) is 8.51. The molecule has 2 atom stereocenters. The normalized spacial score (nSPS) is 33.9. The number of thiazole rings is 1. The minimum atomic E-state index is 0.116. The highest BCUT2D eigenvalue weighted by atomic mass is 32.1. The van der Waals surface area contributed by atoms with E-state index < -0.39 is 0 Å². The minimum absolute atomic E-state index is 0.116. The van der Waals surface area contributed by atoms with Gasteiger partial charge in [0.15, 0.2) is 11.6 Å². The molecular weight excluding hydrogens is 354 g/mol. The van der Waals surface area contributed by atoms with Crippen molar-refractivity contribution in [2.75, 3.05) is 13.6 Å². The number of hydrogen-bond acceptors (Lipinski definition) is 3. The highest BCUT2D eigenvalue weighted by Gasteiger charge is 2.51. The summed E-state index contributed by atoms with van der Waals surface area (Å²) in [6.45, 7) is 2.71. The number of aromatic nitrogens is 1. The van der Waals surface area contributed by atoms with Crippen LogP contribution in [-0.2, 0) is 4.79 Å². The molecule has 4 fully saturated rings. The largest absolute Gasteiger partial charge is 0.346 e. The summed E-state index contributed by atoms with van der Waals surface area (Å²) in [5.74, 6) is 2.82. The van der Waals surface area contributed by atoms with Crippen LogP contribution in [0.25, 0.3) is 10.2 Å². The molecule has 4 saturated carbocycles. The van der Waals surface area contributed by atoms with Crippen LogP contribution in [0.1, 0.15) is 56.5 Å². The van der Waals surface area contributed by atoms with Gasteiger partial charge in [-0.1, -0.05) is 12.1 Å². The Morgan fingerprint density at radius 1 is 1.22 bits per heavy atom. The average molecular weight is 385 g/mol. The standard InChI is InChI=1S/C22H29N3OS/c1-14(21-23-18-5-3-4-6-19(18)27-21)25(2)13-20(26)24-22-10-15-7-16(11-22)9-17(8-15)12-22/h3-6,14-17H,7-13H2,1-2H3,(H,24,26)/p+1/t14-,15?,16?,17?,22?/m1/s1. The van der Waals surface area contributed by atoms with Crippen LogP contribution in [0.5, 0.6) is 0 Å². The number of fused-ring (bicyclic) bond motifs is 1. The summed E-state index contributed by atoms with van der Waals surface area (Å²) in [7, 11) is 2.12. The molecule has 5 heteroatoms. The Balaban J connectivity index is 1.24. The van der Waals surface area contributed by atoms with Gasteiger partial charge in [-0.3, -0.25) is 4.79 Å². The maximum atomic E-state index is 12.9. The maximum absolute atomic E-state index is 12.9. The lowest BCUT2D eigenvalue weighted by molar-refractivity contribution is -0.902. The Bertz CT molecular complexity index is 792. The van der Waals surface area contributed by atoms with Gasteiger partial charge in [-0.2, -0.15) is 0 Å². The summed E-state index contributed by atoms with van der Waals surface area (Å²) in [5, 5.41) is 4.63. The predicted octanol–water partition coefficient (Wildman–Crippen LogP) is 2.96. The van der Waals surface area contributed by atoms with Crippen molar-refractivity contribution in [1.82, 2.24) is 10.3 Å². The molecule has 1 amide bonds. The number of quaternary nitrogens is 1. The van der Waals surface area contributed by atoms with E-state index in [-0.39, 0.29) is 17.5 Å². The van der Waals surface area contributed by atoms with Crippen LogP contribution >= 0.6 is 11.3 Å². The first kappa shape index (κ1) is 17.6. The van der Waals surface area contributed by atoms with Crippen LogP contribution in [0.15, 0.2) is 24.3 Å². The highest BCUT2D eigenvalue weighted by molar-refractivity contribution is 7.18. The lowest BCUT2D eigenvalue weighted by Gasteiger charge is -2.56. The molecule has 1 unspecified atom stereocenters. The first-order valence-corrected chi connectivity index (χ1v) is 11.3. The van der Waals surface area contributed by atoms with Gasteiger partial charge in [0, 0.05) is 5.54 Å². The van der Waals surface area contributed by atoms with Crippen molar-refractivity contribution in [2.24, 2.45) is 17.8 Å². The molecule has 2 aromatic rings. The Morgan fingerprint density at radius 3 is 2.48 bits per heavy atom. The molecular formula is C22H30N3OS+. The quantitative estimate of drug-likeness (QED) is 0.833. The average Bonchev–Trinajstić information content (AvgIpc) is 3.03. The summed E-state index contributed by atoms with van der Waals surface area (Å²) in [6.07, 6.45) is 7.89. The third-order valence-electron chi connectivity index (χ3n) is 7.30. The summed E-state index contributed by atoms with van der Waals surface area (Å²) >= 11 is 1.75. The van der Waals surface area contributed by atoms with Crippen LogP contribution in [-0.4, -0.2) is 30.0 Å². The van der Waals surface area contributed by atoms with E-state index in [2.05, 4.69) is 37.5 Å². The Morgan fingerprint density at radius 2 is 1.85 bits per heavy atom. The van der Waals surface area contributed by atoms with Crippen LogP contribution in [0.3, 0.4) is 0 Å². The number of para-hydroxylation sites is 1. The van der Waals surface area contributed by atoms with Gasteiger partial charge in [-0.05, 0) is 75.3 Å². The van der Waals surface area contributed by atoms with Crippen molar-refractivity contribution in [3.8, 4) is 0 Å². The van der Waals surface area contributed by atoms with Crippen LogP contribution in [0.4, 0.5) is 0 Å². The Kier molecular flexibility index (Phi) is 4.28. The number of likely N-dealkylation sites (N-methyl/N-ethyl adjacent to an activating group) is 1. The number of hydrogen-bond donors (Lipinski definition) is 2. The zero-order valence-electron chi connectivity index (χ0n) is 16.3. The van der Waals surface area contributed by atoms with E-state index in [1.165, 1.54) is 48.1 Å². The van der Waals surface area contributed by atoms with Crippen molar-refractivity contribution < 1.29 is 9.69 Å². The fourth-order valence-electron chi connectivity index (χ4n) is 6.30. The van der Waals surface area contributed by atoms with Crippen molar-refractivity contribution in [3.05, 3.63) is 29.3 Å². The van der Waals surface area contributed by atoms with E-state index in [1.807, 2.05) is 6.07 Å². The highest BCUT2D eigenvalue weighted by Crippen LogP contribution is 2.55. The molecule has 0 radical (unpaired) electrons. The number of benzene rings is 1. The van der Waals surface area contributed by atoms with Gasteiger partial charge in [0.05, 0.1) is 17.3 Å². The lowest BCUT2D eigenvalue weighted by atomic mass is 9.53. The second-order valence-electron chi connectivity index (χ2n) is 9.51. The lowest BCUT2D eigenvalue weighted by Crippen LogP contribution is -3.10. The van der Waals surface area contributed by atoms with Crippen LogP contribution in [0.2, 0.25) is 0 Å². The Hall–Kier alpha value is -1.46. The molecule has 2 N–H and O–H groups in total. The molecule has 4 aliphatic rings. The van der Waals surface area contributed by atoms with Crippen LogP contribution < -0.4 is 10.2 Å². The first-order valence-electron chi connectivity index (χ1n) is 10.5. The van der Waals surface area contributed by atoms with Gasteiger partial charge in [0.2, 0.25) is 0 Å². The van der Waals surface area contributed by atoms with Gasteiger partial charge in [-0.15, -0.1) is 11.3 Å². The SMILES string of the molecule is C[C@H](c1nc2ccccc2s1)[NH+](C)CC(=O)NC12CC3CC(CC(C3)C1)C2. The molecule has 0 spiro atoms. The number of carbonyl (C=O) groups excluding carboxylic acids is 1. The zero-order chi connectivity index (χ0) is 18.6. The number of nitrogens with zero attached hydrogens (tertiary/aromatic N) is 1. The molecule has 0 aliphatic heterocycles. The predicted molar refractivity (Wildman–Crippen MR) is 109 cm³/mol. The van der Waals surface area contributed by atoms with Crippen molar-refractivity contribution >= 4 is 27.5 Å². The van der Waals surface area contributed by atoms with Crippen molar-refractivity contribution in [3.63, 3.8) is 0 Å². The second-order valence-corrected chi connectivity index (χ2v) is 10.6. The molecule has 144 valence electrons. The van der Waals surface area contributed by atoms with E-state index >= 15 is 0 Å². The number of rotatable bonds is 5. The molecule has 1 aromatic heterocycles. The molecule has 1 heterocycles. The second kappa shape index (κ2) is 6.56. The summed E-state index contributed by atoms with van der Waals surface area (Å²) in [5.41, 5.74) is 1.18. The fourth-order valence-corrected chi connectivity index (χ4v) is 7.41. The monoisotopic (exact) mass is 384 g/mol. The van der Waals surface area contributed by atoms with Gasteiger partial charge in [0.25, 0.3) is 5.91 Å². The molecule has 4 nitrogen and oxygen atoms in total. The van der Waals surface area contributed by atoms with Crippen molar-refractivity contribution in [2.45, 2.75) is 57.0 Å². The van der Waals surface area contributed by atoms with E-state index in [4.69, 9.17) is 4.98 Å². The van der Waals surface area contributed by atoms with Crippen molar-refractivity contribution in [1.29, 1.82) is 0 Å². The molecule has 27 heavy (non-hydrogen) atoms.